The first kappa shape index (κ1) is 10.6. The lowest BCUT2D eigenvalue weighted by molar-refractivity contribution is 0.0346. The number of nitrogens with zero attached hydrogens (tertiary/aromatic N) is 2. The summed E-state index contributed by atoms with van der Waals surface area (Å²) in [6, 6.07) is 2.00. The highest BCUT2D eigenvalue weighted by atomic mass is 32.1. The summed E-state index contributed by atoms with van der Waals surface area (Å²) in [7, 11) is -0.349. The first-order valence-corrected chi connectivity index (χ1v) is 5.51. The monoisotopic (exact) mass is 222 g/mol. The van der Waals surface area contributed by atoms with Crippen molar-refractivity contribution in [2.24, 2.45) is 5.41 Å². The predicted octanol–water partition coefficient (Wildman–Crippen LogP) is 0.783. The van der Waals surface area contributed by atoms with Crippen molar-refractivity contribution in [1.82, 2.24) is 4.98 Å². The van der Waals surface area contributed by atoms with Gasteiger partial charge in [0, 0.05) is 24.8 Å². The van der Waals surface area contributed by atoms with Crippen LogP contribution >= 0.6 is 11.3 Å². The van der Waals surface area contributed by atoms with Crippen molar-refractivity contribution < 1.29 is 9.31 Å². The Morgan fingerprint density at radius 1 is 1.53 bits per heavy atom. The molecule has 1 aromatic heterocycles. The molecule has 0 bridgehead atoms. The van der Waals surface area contributed by atoms with Crippen LogP contribution in [0.15, 0.2) is 6.20 Å². The average Bonchev–Trinajstić information content (AvgIpc) is 2.66. The fraction of sp³-hybridized carbons (Fsp3) is 0.556. The highest BCUT2D eigenvalue weighted by Gasteiger charge is 2.34. The summed E-state index contributed by atoms with van der Waals surface area (Å²) in [4.78, 5) is 3.94. The molecule has 1 aliphatic heterocycles. The van der Waals surface area contributed by atoms with E-state index in [2.05, 4.69) is 18.8 Å². The molecule has 0 aromatic carbocycles. The summed E-state index contributed by atoms with van der Waals surface area (Å²) in [6.45, 7) is 5.52. The molecule has 1 saturated heterocycles. The van der Waals surface area contributed by atoms with Crippen molar-refractivity contribution in [1.29, 1.82) is 5.26 Å². The van der Waals surface area contributed by atoms with E-state index >= 15 is 0 Å². The van der Waals surface area contributed by atoms with Crippen LogP contribution < -0.4 is 4.78 Å². The highest BCUT2D eigenvalue weighted by Crippen LogP contribution is 2.21. The number of thiazole rings is 1. The van der Waals surface area contributed by atoms with Crippen LogP contribution in [0.4, 0.5) is 0 Å². The van der Waals surface area contributed by atoms with E-state index in [4.69, 9.17) is 14.6 Å². The molecule has 0 radical (unpaired) electrons. The number of hydrogen-bond donors (Lipinski definition) is 0. The van der Waals surface area contributed by atoms with Crippen molar-refractivity contribution in [2.45, 2.75) is 13.8 Å². The van der Waals surface area contributed by atoms with E-state index in [1.807, 2.05) is 6.07 Å². The van der Waals surface area contributed by atoms with Gasteiger partial charge in [0.05, 0.1) is 4.78 Å². The molecule has 2 heterocycles. The second-order valence-corrected chi connectivity index (χ2v) is 5.36. The van der Waals surface area contributed by atoms with E-state index in [1.165, 1.54) is 11.3 Å². The fourth-order valence-electron chi connectivity index (χ4n) is 1.30. The van der Waals surface area contributed by atoms with Crippen LogP contribution in [0.3, 0.4) is 0 Å². The SMILES string of the molecule is CC1(C)COB(c2cnc(C#N)s2)OC1. The Balaban J connectivity index is 2.05. The van der Waals surface area contributed by atoms with Crippen molar-refractivity contribution in [3.8, 4) is 6.07 Å². The molecule has 0 unspecified atom stereocenters. The summed E-state index contributed by atoms with van der Waals surface area (Å²) in [5, 5.41) is 9.09. The Labute approximate surface area is 93.0 Å². The molecule has 0 saturated carbocycles. The third-order valence-corrected chi connectivity index (χ3v) is 3.03. The maximum atomic E-state index is 8.65. The van der Waals surface area contributed by atoms with E-state index in [-0.39, 0.29) is 12.5 Å². The molecule has 2 rings (SSSR count). The molecule has 1 aromatic rings. The van der Waals surface area contributed by atoms with Crippen LogP contribution in [0.5, 0.6) is 0 Å². The standard InChI is InChI=1S/C9H11BN2O2S/c1-9(2)5-13-10(14-6-9)7-4-12-8(3-11)15-7/h4H,5-6H2,1-2H3. The maximum Gasteiger partial charge on any atom is 0.506 e. The van der Waals surface area contributed by atoms with Crippen LogP contribution in [0.1, 0.15) is 18.9 Å². The van der Waals surface area contributed by atoms with Crippen molar-refractivity contribution in [3.05, 3.63) is 11.2 Å². The summed E-state index contributed by atoms with van der Waals surface area (Å²) < 4.78 is 12.0. The van der Waals surface area contributed by atoms with Gasteiger partial charge in [0.2, 0.25) is 0 Å². The van der Waals surface area contributed by atoms with Gasteiger partial charge in [0.15, 0.2) is 5.01 Å². The molecule has 0 N–H and O–H groups in total. The Morgan fingerprint density at radius 2 is 2.20 bits per heavy atom. The summed E-state index contributed by atoms with van der Waals surface area (Å²) >= 11 is 1.32. The second kappa shape index (κ2) is 3.93. The summed E-state index contributed by atoms with van der Waals surface area (Å²) in [6.07, 6.45) is 1.65. The van der Waals surface area contributed by atoms with Crippen LogP contribution in [-0.2, 0) is 9.31 Å². The van der Waals surface area contributed by atoms with Gasteiger partial charge in [-0.3, -0.25) is 0 Å². The number of hydrogen-bond acceptors (Lipinski definition) is 5. The van der Waals surface area contributed by atoms with Gasteiger partial charge < -0.3 is 9.31 Å². The number of nitriles is 1. The fourth-order valence-corrected chi connectivity index (χ4v) is 2.02. The van der Waals surface area contributed by atoms with E-state index in [1.54, 1.807) is 6.20 Å². The normalized spacial score (nSPS) is 19.9. The molecular formula is C9H11BN2O2S. The average molecular weight is 222 g/mol. The minimum Gasteiger partial charge on any atom is -0.406 e. The lowest BCUT2D eigenvalue weighted by Crippen LogP contribution is -2.46. The van der Waals surface area contributed by atoms with Crippen molar-refractivity contribution in [2.75, 3.05) is 13.2 Å². The first-order chi connectivity index (χ1) is 7.11. The molecule has 4 nitrogen and oxygen atoms in total. The minimum absolute atomic E-state index is 0.0687. The lowest BCUT2D eigenvalue weighted by Gasteiger charge is -2.32. The van der Waals surface area contributed by atoms with Gasteiger partial charge >= 0.3 is 7.12 Å². The van der Waals surface area contributed by atoms with Gasteiger partial charge in [-0.05, 0) is 0 Å². The Hall–Kier alpha value is -0.895. The quantitative estimate of drug-likeness (QED) is 0.659. The molecule has 15 heavy (non-hydrogen) atoms. The third kappa shape index (κ3) is 2.37. The van der Waals surface area contributed by atoms with Gasteiger partial charge in [-0.2, -0.15) is 5.26 Å². The zero-order valence-corrected chi connectivity index (χ0v) is 9.50. The number of rotatable bonds is 1. The van der Waals surface area contributed by atoms with Crippen LogP contribution in [0, 0.1) is 16.7 Å². The highest BCUT2D eigenvalue weighted by molar-refractivity contribution is 7.22. The molecule has 78 valence electrons. The Kier molecular flexibility index (Phi) is 2.78. The molecule has 0 aliphatic carbocycles. The van der Waals surface area contributed by atoms with E-state index in [0.29, 0.717) is 18.2 Å². The zero-order valence-electron chi connectivity index (χ0n) is 8.69. The minimum atomic E-state index is -0.349. The Bertz CT molecular complexity index is 389. The molecule has 6 heteroatoms. The predicted molar refractivity (Wildman–Crippen MR) is 57.9 cm³/mol. The Morgan fingerprint density at radius 3 is 2.73 bits per heavy atom. The van der Waals surface area contributed by atoms with Crippen LogP contribution in [0.2, 0.25) is 0 Å². The van der Waals surface area contributed by atoms with Crippen molar-refractivity contribution in [3.63, 3.8) is 0 Å². The van der Waals surface area contributed by atoms with Crippen LogP contribution in [-0.4, -0.2) is 25.3 Å². The smallest absolute Gasteiger partial charge is 0.406 e. The van der Waals surface area contributed by atoms with Gasteiger partial charge in [-0.1, -0.05) is 13.8 Å². The van der Waals surface area contributed by atoms with Crippen LogP contribution in [0.25, 0.3) is 0 Å². The van der Waals surface area contributed by atoms with Crippen molar-refractivity contribution >= 4 is 23.2 Å². The molecular weight excluding hydrogens is 211 g/mol. The van der Waals surface area contributed by atoms with E-state index in [9.17, 15) is 0 Å². The summed E-state index contributed by atoms with van der Waals surface area (Å²) in [5.41, 5.74) is 0.0687. The molecule has 0 atom stereocenters. The molecule has 0 spiro atoms. The number of aromatic nitrogens is 1. The molecule has 1 aliphatic rings. The second-order valence-electron chi connectivity index (χ2n) is 4.30. The zero-order chi connectivity index (χ0) is 10.9. The lowest BCUT2D eigenvalue weighted by atomic mass is 9.83. The molecule has 0 amide bonds. The maximum absolute atomic E-state index is 8.65. The van der Waals surface area contributed by atoms with E-state index < -0.39 is 0 Å². The van der Waals surface area contributed by atoms with E-state index in [0.717, 1.165) is 4.78 Å². The summed E-state index contributed by atoms with van der Waals surface area (Å²) in [5.74, 6) is 0. The largest absolute Gasteiger partial charge is 0.506 e. The van der Waals surface area contributed by atoms with Gasteiger partial charge in [0.1, 0.15) is 6.07 Å². The van der Waals surface area contributed by atoms with Gasteiger partial charge in [0.25, 0.3) is 0 Å². The van der Waals surface area contributed by atoms with Gasteiger partial charge in [-0.25, -0.2) is 4.98 Å². The topological polar surface area (TPSA) is 55.1 Å². The molecule has 1 fully saturated rings. The van der Waals surface area contributed by atoms with Gasteiger partial charge in [-0.15, -0.1) is 11.3 Å². The third-order valence-electron chi connectivity index (χ3n) is 2.10. The first-order valence-electron chi connectivity index (χ1n) is 4.70.